The monoisotopic (exact) mass is 421 g/mol. The van der Waals surface area contributed by atoms with Crippen LogP contribution in [0, 0.1) is 0 Å². The van der Waals surface area contributed by atoms with E-state index in [0.717, 1.165) is 16.2 Å². The van der Waals surface area contributed by atoms with E-state index in [0.29, 0.717) is 5.13 Å². The summed E-state index contributed by atoms with van der Waals surface area (Å²) in [6, 6.07) is 15.8. The number of nitrogens with one attached hydrogen (secondary N) is 1. The van der Waals surface area contributed by atoms with Gasteiger partial charge < -0.3 is 4.74 Å². The van der Waals surface area contributed by atoms with Crippen molar-refractivity contribution in [3.8, 4) is 11.3 Å². The third-order valence-corrected chi connectivity index (χ3v) is 5.11. The molecule has 0 atom stereocenters. The number of esters is 1. The van der Waals surface area contributed by atoms with Crippen molar-refractivity contribution in [3.05, 3.63) is 71.1 Å². The molecule has 0 fully saturated rings. The lowest BCUT2D eigenvalue weighted by molar-refractivity contribution is -0.147. The lowest BCUT2D eigenvalue weighted by atomic mass is 10.1. The third-order valence-electron chi connectivity index (χ3n) is 4.35. The number of amides is 3. The molecular weight excluding hydrogens is 406 g/mol. The summed E-state index contributed by atoms with van der Waals surface area (Å²) in [6.45, 7) is -1.11. The van der Waals surface area contributed by atoms with Crippen LogP contribution in [0.2, 0.25) is 0 Å². The normalized spacial score (nSPS) is 12.6. The van der Waals surface area contributed by atoms with Crippen molar-refractivity contribution >= 4 is 40.2 Å². The maximum absolute atomic E-state index is 12.3. The van der Waals surface area contributed by atoms with E-state index in [2.05, 4.69) is 10.3 Å². The Morgan fingerprint density at radius 2 is 1.60 bits per heavy atom. The van der Waals surface area contributed by atoms with E-state index in [-0.39, 0.29) is 11.1 Å². The van der Waals surface area contributed by atoms with Gasteiger partial charge in [0.05, 0.1) is 16.8 Å². The molecule has 0 saturated carbocycles. The van der Waals surface area contributed by atoms with E-state index in [1.165, 1.54) is 23.5 Å². The van der Waals surface area contributed by atoms with Gasteiger partial charge in [0.15, 0.2) is 11.7 Å². The van der Waals surface area contributed by atoms with Gasteiger partial charge in [0.1, 0.15) is 6.54 Å². The number of benzene rings is 2. The predicted molar refractivity (Wildman–Crippen MR) is 109 cm³/mol. The smallest absolute Gasteiger partial charge is 0.326 e. The number of carbonyl (C=O) groups excluding carboxylic acids is 4. The lowest BCUT2D eigenvalue weighted by Crippen LogP contribution is -2.36. The van der Waals surface area contributed by atoms with Crippen molar-refractivity contribution in [2.45, 2.75) is 0 Å². The number of rotatable bonds is 6. The summed E-state index contributed by atoms with van der Waals surface area (Å²) >= 11 is 1.25. The summed E-state index contributed by atoms with van der Waals surface area (Å²) in [6.07, 6.45) is 0. The molecule has 2 aromatic carbocycles. The Labute approximate surface area is 175 Å². The van der Waals surface area contributed by atoms with Gasteiger partial charge in [-0.05, 0) is 12.1 Å². The second-order valence-corrected chi connectivity index (χ2v) is 7.21. The quantitative estimate of drug-likeness (QED) is 0.484. The van der Waals surface area contributed by atoms with Crippen LogP contribution < -0.4 is 5.32 Å². The number of hydrogen-bond donors (Lipinski definition) is 1. The van der Waals surface area contributed by atoms with Crippen molar-refractivity contribution in [2.24, 2.45) is 0 Å². The molecule has 0 aliphatic carbocycles. The zero-order valence-corrected chi connectivity index (χ0v) is 16.3. The van der Waals surface area contributed by atoms with Crippen LogP contribution in [0.3, 0.4) is 0 Å². The largest absolute Gasteiger partial charge is 0.454 e. The SMILES string of the molecule is O=C(COC(=O)CN1C(=O)c2ccccc2C1=O)Nc1nc(-c2ccccc2)cs1. The zero-order valence-electron chi connectivity index (χ0n) is 15.5. The molecule has 0 spiro atoms. The Morgan fingerprint density at radius 1 is 0.967 bits per heavy atom. The highest BCUT2D eigenvalue weighted by Crippen LogP contribution is 2.24. The number of carbonyl (C=O) groups is 4. The van der Waals surface area contributed by atoms with Gasteiger partial charge in [-0.1, -0.05) is 42.5 Å². The number of nitrogens with zero attached hydrogens (tertiary/aromatic N) is 2. The van der Waals surface area contributed by atoms with Gasteiger partial charge in [-0.3, -0.25) is 29.4 Å². The molecule has 8 nitrogen and oxygen atoms in total. The Kier molecular flexibility index (Phi) is 5.36. The molecule has 3 aromatic rings. The Hall–Kier alpha value is -3.85. The van der Waals surface area contributed by atoms with Crippen LogP contribution in [0.4, 0.5) is 5.13 Å². The first-order chi connectivity index (χ1) is 14.5. The predicted octanol–water partition coefficient (Wildman–Crippen LogP) is 2.59. The first-order valence-corrected chi connectivity index (χ1v) is 9.82. The molecule has 1 aromatic heterocycles. The minimum absolute atomic E-state index is 0.242. The fourth-order valence-corrected chi connectivity index (χ4v) is 3.67. The van der Waals surface area contributed by atoms with Crippen LogP contribution in [0.5, 0.6) is 0 Å². The van der Waals surface area contributed by atoms with Crippen LogP contribution in [-0.2, 0) is 14.3 Å². The molecule has 2 heterocycles. The van der Waals surface area contributed by atoms with Crippen molar-refractivity contribution in [1.82, 2.24) is 9.88 Å². The Morgan fingerprint density at radius 3 is 2.27 bits per heavy atom. The number of ether oxygens (including phenoxy) is 1. The average Bonchev–Trinajstić information content (AvgIpc) is 3.32. The molecule has 3 amide bonds. The first-order valence-electron chi connectivity index (χ1n) is 8.94. The van der Waals surface area contributed by atoms with E-state index in [1.54, 1.807) is 17.5 Å². The second kappa shape index (κ2) is 8.26. The van der Waals surface area contributed by atoms with Crippen LogP contribution in [0.25, 0.3) is 11.3 Å². The van der Waals surface area contributed by atoms with Crippen molar-refractivity contribution < 1.29 is 23.9 Å². The highest BCUT2D eigenvalue weighted by atomic mass is 32.1. The topological polar surface area (TPSA) is 106 Å². The number of aromatic nitrogens is 1. The van der Waals surface area contributed by atoms with Gasteiger partial charge >= 0.3 is 5.97 Å². The number of fused-ring (bicyclic) bond motifs is 1. The lowest BCUT2D eigenvalue weighted by Gasteiger charge is -2.12. The molecule has 1 aliphatic rings. The first kappa shape index (κ1) is 19.5. The van der Waals surface area contributed by atoms with Gasteiger partial charge in [-0.15, -0.1) is 11.3 Å². The number of thiazole rings is 1. The standard InChI is InChI=1S/C21H15N3O5S/c25-17(23-21-22-16(12-30-21)13-6-2-1-3-7-13)11-29-18(26)10-24-19(27)14-8-4-5-9-15(14)20(24)28/h1-9,12H,10-11H2,(H,22,23,25). The van der Waals surface area contributed by atoms with Gasteiger partial charge in [0.25, 0.3) is 17.7 Å². The van der Waals surface area contributed by atoms with Gasteiger partial charge in [-0.25, -0.2) is 4.98 Å². The molecular formula is C21H15N3O5S. The van der Waals surface area contributed by atoms with Gasteiger partial charge in [-0.2, -0.15) is 0 Å². The molecule has 0 radical (unpaired) electrons. The zero-order chi connectivity index (χ0) is 21.1. The summed E-state index contributed by atoms with van der Waals surface area (Å²) < 4.78 is 4.90. The molecule has 4 rings (SSSR count). The van der Waals surface area contributed by atoms with Crippen molar-refractivity contribution in [3.63, 3.8) is 0 Å². The molecule has 1 N–H and O–H groups in total. The van der Waals surface area contributed by atoms with Gasteiger partial charge in [0, 0.05) is 10.9 Å². The minimum Gasteiger partial charge on any atom is -0.454 e. The molecule has 0 bridgehead atoms. The summed E-state index contributed by atoms with van der Waals surface area (Å²) in [5.74, 6) is -2.55. The van der Waals surface area contributed by atoms with E-state index < -0.39 is 36.8 Å². The maximum atomic E-state index is 12.3. The summed E-state index contributed by atoms with van der Waals surface area (Å²) in [4.78, 5) is 53.7. The molecule has 30 heavy (non-hydrogen) atoms. The summed E-state index contributed by atoms with van der Waals surface area (Å²) in [5.41, 5.74) is 2.12. The van der Waals surface area contributed by atoms with Crippen molar-refractivity contribution in [2.75, 3.05) is 18.5 Å². The van der Waals surface area contributed by atoms with Crippen molar-refractivity contribution in [1.29, 1.82) is 0 Å². The maximum Gasteiger partial charge on any atom is 0.326 e. The second-order valence-electron chi connectivity index (χ2n) is 6.35. The number of imide groups is 1. The molecule has 1 aliphatic heterocycles. The van der Waals surface area contributed by atoms with E-state index in [1.807, 2.05) is 30.3 Å². The minimum atomic E-state index is -0.858. The van der Waals surface area contributed by atoms with E-state index in [4.69, 9.17) is 4.74 Å². The van der Waals surface area contributed by atoms with Crippen LogP contribution in [0.1, 0.15) is 20.7 Å². The molecule has 0 saturated heterocycles. The molecule has 150 valence electrons. The summed E-state index contributed by atoms with van der Waals surface area (Å²) in [7, 11) is 0. The highest BCUT2D eigenvalue weighted by Gasteiger charge is 2.36. The molecule has 0 unspecified atom stereocenters. The summed E-state index contributed by atoms with van der Waals surface area (Å²) in [5, 5.41) is 4.73. The molecule has 9 heteroatoms. The van der Waals surface area contributed by atoms with Crippen LogP contribution in [-0.4, -0.2) is 46.7 Å². The van der Waals surface area contributed by atoms with Crippen LogP contribution in [0.15, 0.2) is 60.0 Å². The fraction of sp³-hybridized carbons (Fsp3) is 0.0952. The van der Waals surface area contributed by atoms with E-state index in [9.17, 15) is 19.2 Å². The third kappa shape index (κ3) is 3.96. The number of hydrogen-bond acceptors (Lipinski definition) is 7. The van der Waals surface area contributed by atoms with Crippen LogP contribution >= 0.6 is 11.3 Å². The number of anilines is 1. The van der Waals surface area contributed by atoms with E-state index >= 15 is 0 Å². The highest BCUT2D eigenvalue weighted by molar-refractivity contribution is 7.14. The van der Waals surface area contributed by atoms with Gasteiger partial charge in [0.2, 0.25) is 0 Å². The Balaban J connectivity index is 1.29. The Bertz CT molecular complexity index is 1110. The average molecular weight is 421 g/mol. The fourth-order valence-electron chi connectivity index (χ4n) is 2.93.